The van der Waals surface area contributed by atoms with Crippen LogP contribution in [0.15, 0.2) is 12.1 Å². The van der Waals surface area contributed by atoms with Gasteiger partial charge in [0.1, 0.15) is 0 Å². The number of hydrogen-bond donors (Lipinski definition) is 2. The lowest BCUT2D eigenvalue weighted by atomic mass is 9.85. The van der Waals surface area contributed by atoms with Crippen LogP contribution in [0.5, 0.6) is 0 Å². The number of hydrogen-bond acceptors (Lipinski definition) is 4. The number of H-pyrrole nitrogens is 1. The van der Waals surface area contributed by atoms with Crippen LogP contribution in [-0.2, 0) is 4.79 Å². The number of carbonyl (C=O) groups excluding carboxylic acids is 2. The number of amides is 2. The lowest BCUT2D eigenvalue weighted by Gasteiger charge is -2.41. The second kappa shape index (κ2) is 5.19. The van der Waals surface area contributed by atoms with Crippen LogP contribution < -0.4 is 5.32 Å². The van der Waals surface area contributed by atoms with Crippen LogP contribution in [0.4, 0.5) is 5.82 Å². The summed E-state index contributed by atoms with van der Waals surface area (Å²) < 4.78 is 0. The van der Waals surface area contributed by atoms with Gasteiger partial charge in [0, 0.05) is 31.6 Å². The second-order valence-electron chi connectivity index (χ2n) is 5.53. The van der Waals surface area contributed by atoms with Crippen molar-refractivity contribution in [3.8, 4) is 0 Å². The van der Waals surface area contributed by atoms with Crippen LogP contribution in [0.25, 0.3) is 0 Å². The zero-order chi connectivity index (χ0) is 15.0. The number of fused-ring (bicyclic) bond motifs is 1. The van der Waals surface area contributed by atoms with Crippen LogP contribution in [0.2, 0.25) is 0 Å². The molecule has 8 nitrogen and oxygen atoms in total. The number of aromatic nitrogens is 1. The molecular weight excluding hydrogens is 276 g/mol. The summed E-state index contributed by atoms with van der Waals surface area (Å²) in [5.74, 6) is -0.0574. The van der Waals surface area contributed by atoms with Crippen LogP contribution in [0.3, 0.4) is 0 Å². The van der Waals surface area contributed by atoms with Crippen molar-refractivity contribution in [1.29, 1.82) is 0 Å². The molecule has 8 heteroatoms. The topological polar surface area (TPSA) is 108 Å². The molecule has 3 heterocycles. The summed E-state index contributed by atoms with van der Waals surface area (Å²) in [7, 11) is 0. The number of aromatic amines is 1. The summed E-state index contributed by atoms with van der Waals surface area (Å²) in [6.07, 6.45) is 2.01. The van der Waals surface area contributed by atoms with Gasteiger partial charge in [0.25, 0.3) is 5.91 Å². The zero-order valence-electron chi connectivity index (χ0n) is 11.4. The summed E-state index contributed by atoms with van der Waals surface area (Å²) in [5.41, 5.74) is 0.236. The minimum Gasteiger partial charge on any atom is -0.358 e. The quantitative estimate of drug-likeness (QED) is 0.616. The van der Waals surface area contributed by atoms with Crippen molar-refractivity contribution in [3.05, 3.63) is 27.9 Å². The van der Waals surface area contributed by atoms with E-state index in [2.05, 4.69) is 10.3 Å². The Labute approximate surface area is 120 Å². The van der Waals surface area contributed by atoms with Gasteiger partial charge in [-0.15, -0.1) is 0 Å². The minimum atomic E-state index is -0.556. The number of piperidine rings is 2. The van der Waals surface area contributed by atoms with Gasteiger partial charge in [-0.2, -0.15) is 0 Å². The molecule has 2 aliphatic rings. The van der Waals surface area contributed by atoms with E-state index in [1.165, 1.54) is 12.1 Å². The molecule has 1 aromatic heterocycles. The van der Waals surface area contributed by atoms with Gasteiger partial charge in [-0.25, -0.2) is 4.98 Å². The van der Waals surface area contributed by atoms with Gasteiger partial charge >= 0.3 is 5.82 Å². The summed E-state index contributed by atoms with van der Waals surface area (Å²) in [5, 5.41) is 13.6. The molecule has 112 valence electrons. The first-order valence-electron chi connectivity index (χ1n) is 6.96. The van der Waals surface area contributed by atoms with Gasteiger partial charge in [-0.05, 0) is 29.7 Å². The number of nitrogens with one attached hydrogen (secondary N) is 2. The average Bonchev–Trinajstić information content (AvgIpc) is 2.96. The maximum Gasteiger partial charge on any atom is 0.321 e. The molecule has 2 unspecified atom stereocenters. The third-order valence-corrected chi connectivity index (χ3v) is 4.21. The van der Waals surface area contributed by atoms with E-state index in [-0.39, 0.29) is 35.3 Å². The van der Waals surface area contributed by atoms with Crippen LogP contribution >= 0.6 is 0 Å². The molecule has 0 spiro atoms. The molecule has 0 aromatic carbocycles. The fourth-order valence-corrected chi connectivity index (χ4v) is 3.08. The van der Waals surface area contributed by atoms with Gasteiger partial charge in [0.05, 0.1) is 0 Å². The van der Waals surface area contributed by atoms with Gasteiger partial charge in [0.15, 0.2) is 5.69 Å². The molecule has 2 atom stereocenters. The van der Waals surface area contributed by atoms with E-state index in [4.69, 9.17) is 0 Å². The third kappa shape index (κ3) is 2.61. The van der Waals surface area contributed by atoms with E-state index in [0.717, 1.165) is 12.8 Å². The Morgan fingerprint density at radius 2 is 2.19 bits per heavy atom. The number of rotatable bonds is 2. The fourth-order valence-electron chi connectivity index (χ4n) is 3.08. The standard InChI is InChI=1S/C13H16N4O4/c18-12-4-1-8-7-16(6-5-9(8)15-12)13(19)10-2-3-11(14-10)17(20)21/h2-3,8-9,14H,1,4-7H2,(H,15,18). The molecule has 2 saturated heterocycles. The molecule has 21 heavy (non-hydrogen) atoms. The molecule has 1 aromatic rings. The predicted molar refractivity (Wildman–Crippen MR) is 72.6 cm³/mol. The highest BCUT2D eigenvalue weighted by atomic mass is 16.6. The third-order valence-electron chi connectivity index (χ3n) is 4.21. The highest BCUT2D eigenvalue weighted by Gasteiger charge is 2.36. The van der Waals surface area contributed by atoms with Crippen molar-refractivity contribution in [1.82, 2.24) is 15.2 Å². The Balaban J connectivity index is 1.68. The van der Waals surface area contributed by atoms with Gasteiger partial charge in [-0.3, -0.25) is 9.59 Å². The highest BCUT2D eigenvalue weighted by molar-refractivity contribution is 5.93. The van der Waals surface area contributed by atoms with E-state index in [1.54, 1.807) is 4.90 Å². The Bertz CT molecular complexity index is 597. The van der Waals surface area contributed by atoms with Crippen molar-refractivity contribution < 1.29 is 14.5 Å². The van der Waals surface area contributed by atoms with Crippen LogP contribution in [0, 0.1) is 16.0 Å². The summed E-state index contributed by atoms with van der Waals surface area (Å²) >= 11 is 0. The normalized spacial score (nSPS) is 25.1. The Morgan fingerprint density at radius 1 is 1.38 bits per heavy atom. The number of carbonyl (C=O) groups is 2. The van der Waals surface area contributed by atoms with E-state index in [9.17, 15) is 19.7 Å². The molecule has 0 aliphatic carbocycles. The molecule has 0 saturated carbocycles. The average molecular weight is 292 g/mol. The Hall–Kier alpha value is -2.38. The van der Waals surface area contributed by atoms with Gasteiger partial charge in [-0.1, -0.05) is 0 Å². The highest BCUT2D eigenvalue weighted by Crippen LogP contribution is 2.26. The lowest BCUT2D eigenvalue weighted by Crippen LogP contribution is -2.55. The Kier molecular flexibility index (Phi) is 3.36. The van der Waals surface area contributed by atoms with E-state index in [0.29, 0.717) is 19.5 Å². The summed E-state index contributed by atoms with van der Waals surface area (Å²) in [6.45, 7) is 1.13. The van der Waals surface area contributed by atoms with E-state index >= 15 is 0 Å². The first-order valence-corrected chi connectivity index (χ1v) is 6.96. The maximum atomic E-state index is 12.4. The van der Waals surface area contributed by atoms with Crippen LogP contribution in [0.1, 0.15) is 29.8 Å². The molecular formula is C13H16N4O4. The molecule has 2 fully saturated rings. The van der Waals surface area contributed by atoms with E-state index < -0.39 is 4.92 Å². The molecule has 2 N–H and O–H groups in total. The molecule has 3 rings (SSSR count). The molecule has 0 bridgehead atoms. The first kappa shape index (κ1) is 13.6. The number of nitro groups is 1. The first-order chi connectivity index (χ1) is 10.0. The smallest absolute Gasteiger partial charge is 0.321 e. The lowest BCUT2D eigenvalue weighted by molar-refractivity contribution is -0.389. The summed E-state index contributed by atoms with van der Waals surface area (Å²) in [6, 6.07) is 2.88. The van der Waals surface area contributed by atoms with Crippen molar-refractivity contribution in [3.63, 3.8) is 0 Å². The number of likely N-dealkylation sites (tertiary alicyclic amines) is 1. The molecule has 2 aliphatic heterocycles. The predicted octanol–water partition coefficient (Wildman–Crippen LogP) is 0.664. The van der Waals surface area contributed by atoms with Crippen molar-refractivity contribution in [2.75, 3.05) is 13.1 Å². The SMILES string of the molecule is O=C1CCC2CN(C(=O)c3ccc([N+](=O)[O-])[nH]3)CCC2N1. The van der Waals surface area contributed by atoms with Gasteiger partial charge < -0.3 is 20.3 Å². The Morgan fingerprint density at radius 3 is 2.90 bits per heavy atom. The molecule has 2 amide bonds. The molecule has 0 radical (unpaired) electrons. The monoisotopic (exact) mass is 292 g/mol. The summed E-state index contributed by atoms with van der Waals surface area (Å²) in [4.78, 5) is 38.0. The largest absolute Gasteiger partial charge is 0.358 e. The van der Waals surface area contributed by atoms with Crippen molar-refractivity contribution >= 4 is 17.6 Å². The van der Waals surface area contributed by atoms with Crippen molar-refractivity contribution in [2.24, 2.45) is 5.92 Å². The zero-order valence-corrected chi connectivity index (χ0v) is 11.4. The number of nitrogens with zero attached hydrogens (tertiary/aromatic N) is 2. The fraction of sp³-hybridized carbons (Fsp3) is 0.538. The van der Waals surface area contributed by atoms with Crippen LogP contribution in [-0.4, -0.2) is 45.8 Å². The van der Waals surface area contributed by atoms with Gasteiger partial charge in [0.2, 0.25) is 5.91 Å². The maximum absolute atomic E-state index is 12.4. The van der Waals surface area contributed by atoms with E-state index in [1.807, 2.05) is 0 Å². The van der Waals surface area contributed by atoms with Crippen molar-refractivity contribution in [2.45, 2.75) is 25.3 Å². The minimum absolute atomic E-state index is 0.0796. The second-order valence-corrected chi connectivity index (χ2v) is 5.53.